The summed E-state index contributed by atoms with van der Waals surface area (Å²) in [4.78, 5) is 29.8. The van der Waals surface area contributed by atoms with Crippen molar-refractivity contribution in [2.24, 2.45) is 0 Å². The van der Waals surface area contributed by atoms with E-state index in [-0.39, 0.29) is 17.5 Å². The van der Waals surface area contributed by atoms with Crippen LogP contribution in [-0.2, 0) is 4.79 Å². The summed E-state index contributed by atoms with van der Waals surface area (Å²) in [6.07, 6.45) is 0. The monoisotopic (exact) mass is 298 g/mol. The van der Waals surface area contributed by atoms with Crippen LogP contribution in [0.25, 0.3) is 0 Å². The third-order valence-electron chi connectivity index (χ3n) is 3.71. The van der Waals surface area contributed by atoms with Crippen LogP contribution < -0.4 is 5.32 Å². The van der Waals surface area contributed by atoms with Gasteiger partial charge in [0.1, 0.15) is 0 Å². The van der Waals surface area contributed by atoms with Crippen molar-refractivity contribution < 1.29 is 9.59 Å². The van der Waals surface area contributed by atoms with Gasteiger partial charge in [-0.1, -0.05) is 0 Å². The van der Waals surface area contributed by atoms with E-state index in [0.717, 1.165) is 13.1 Å². The van der Waals surface area contributed by atoms with Gasteiger partial charge >= 0.3 is 6.03 Å². The van der Waals surface area contributed by atoms with Crippen LogP contribution in [0.15, 0.2) is 0 Å². The molecule has 1 fully saturated rings. The summed E-state index contributed by atoms with van der Waals surface area (Å²) in [7, 11) is 0. The molecule has 0 radical (unpaired) electrons. The van der Waals surface area contributed by atoms with Crippen molar-refractivity contribution in [1.29, 1.82) is 0 Å². The number of hydrogen-bond acceptors (Lipinski definition) is 3. The maximum absolute atomic E-state index is 12.2. The zero-order chi connectivity index (χ0) is 16.0. The van der Waals surface area contributed by atoms with Crippen molar-refractivity contribution in [3.05, 3.63) is 0 Å². The molecule has 0 saturated carbocycles. The molecule has 0 bridgehead atoms. The smallest absolute Gasteiger partial charge is 0.320 e. The van der Waals surface area contributed by atoms with Crippen LogP contribution in [0.3, 0.4) is 0 Å². The number of piperazine rings is 1. The number of urea groups is 1. The van der Waals surface area contributed by atoms with Crippen LogP contribution in [0.2, 0.25) is 0 Å². The van der Waals surface area contributed by atoms with Crippen molar-refractivity contribution in [2.75, 3.05) is 45.8 Å². The molecular weight excluding hydrogens is 268 g/mol. The van der Waals surface area contributed by atoms with Crippen molar-refractivity contribution in [2.45, 2.75) is 40.2 Å². The summed E-state index contributed by atoms with van der Waals surface area (Å²) in [6, 6.07) is 0.0833. The predicted octanol–water partition coefficient (Wildman–Crippen LogP) is 0.981. The van der Waals surface area contributed by atoms with Crippen LogP contribution in [0, 0.1) is 0 Å². The minimum atomic E-state index is -0.0593. The highest BCUT2D eigenvalue weighted by atomic mass is 16.2. The highest BCUT2D eigenvalue weighted by Crippen LogP contribution is 2.07. The fraction of sp³-hybridized carbons (Fsp3) is 0.867. The Morgan fingerprint density at radius 3 is 1.90 bits per heavy atom. The van der Waals surface area contributed by atoms with Crippen LogP contribution >= 0.6 is 0 Å². The van der Waals surface area contributed by atoms with Gasteiger partial charge < -0.3 is 20.0 Å². The van der Waals surface area contributed by atoms with Gasteiger partial charge in [-0.3, -0.25) is 4.79 Å². The van der Waals surface area contributed by atoms with E-state index in [1.807, 2.05) is 49.3 Å². The van der Waals surface area contributed by atoms with Crippen molar-refractivity contribution in [3.8, 4) is 0 Å². The molecule has 0 aliphatic carbocycles. The normalized spacial score (nSPS) is 16.0. The van der Waals surface area contributed by atoms with Crippen LogP contribution in [-0.4, -0.2) is 78.0 Å². The third kappa shape index (κ3) is 5.53. The van der Waals surface area contributed by atoms with Gasteiger partial charge in [-0.25, -0.2) is 4.79 Å². The Bertz CT molecular complexity index is 353. The number of nitrogens with one attached hydrogen (secondary N) is 1. The molecular formula is C15H30N4O2. The van der Waals surface area contributed by atoms with E-state index in [4.69, 9.17) is 0 Å². The molecule has 21 heavy (non-hydrogen) atoms. The minimum Gasteiger partial charge on any atom is -0.338 e. The average molecular weight is 298 g/mol. The SMILES string of the molecule is CCN(CC)C(=O)N1CCN(C(=O)CNC(C)(C)C)CC1. The highest BCUT2D eigenvalue weighted by Gasteiger charge is 2.26. The summed E-state index contributed by atoms with van der Waals surface area (Å²) in [5, 5.41) is 3.21. The summed E-state index contributed by atoms with van der Waals surface area (Å²) >= 11 is 0. The van der Waals surface area contributed by atoms with Gasteiger partial charge in [0.25, 0.3) is 0 Å². The second kappa shape index (κ2) is 7.64. The van der Waals surface area contributed by atoms with Crippen molar-refractivity contribution >= 4 is 11.9 Å². The summed E-state index contributed by atoms with van der Waals surface area (Å²) < 4.78 is 0. The van der Waals surface area contributed by atoms with E-state index in [1.54, 1.807) is 0 Å². The molecule has 1 N–H and O–H groups in total. The molecule has 1 aliphatic rings. The maximum atomic E-state index is 12.2. The van der Waals surface area contributed by atoms with E-state index in [2.05, 4.69) is 5.32 Å². The molecule has 1 heterocycles. The number of carbonyl (C=O) groups is 2. The first-order chi connectivity index (χ1) is 9.78. The van der Waals surface area contributed by atoms with E-state index >= 15 is 0 Å². The molecule has 0 aromatic rings. The average Bonchev–Trinajstić information content (AvgIpc) is 2.45. The van der Waals surface area contributed by atoms with Gasteiger partial charge in [0.2, 0.25) is 5.91 Å². The van der Waals surface area contributed by atoms with Gasteiger partial charge in [0.05, 0.1) is 6.54 Å². The van der Waals surface area contributed by atoms with Crippen LogP contribution in [0.5, 0.6) is 0 Å². The Hall–Kier alpha value is -1.30. The standard InChI is InChI=1S/C15H30N4O2/c1-6-17(7-2)14(21)19-10-8-18(9-11-19)13(20)12-16-15(3,4)5/h16H,6-12H2,1-5H3. The van der Waals surface area contributed by atoms with Crippen molar-refractivity contribution in [1.82, 2.24) is 20.0 Å². The van der Waals surface area contributed by atoms with Gasteiger partial charge in [-0.2, -0.15) is 0 Å². The van der Waals surface area contributed by atoms with Gasteiger partial charge in [-0.15, -0.1) is 0 Å². The Kier molecular flexibility index (Phi) is 6.45. The van der Waals surface area contributed by atoms with E-state index in [1.165, 1.54) is 0 Å². The predicted molar refractivity (Wildman–Crippen MR) is 84.2 cm³/mol. The lowest BCUT2D eigenvalue weighted by molar-refractivity contribution is -0.132. The number of rotatable bonds is 4. The molecule has 0 aromatic carbocycles. The third-order valence-corrected chi connectivity index (χ3v) is 3.71. The molecule has 0 unspecified atom stereocenters. The summed E-state index contributed by atoms with van der Waals surface area (Å²) in [5.74, 6) is 0.111. The van der Waals surface area contributed by atoms with Gasteiger partial charge in [0, 0.05) is 44.8 Å². The molecule has 1 saturated heterocycles. The maximum Gasteiger partial charge on any atom is 0.320 e. The molecule has 1 aliphatic heterocycles. The second-order valence-corrected chi connectivity index (χ2v) is 6.43. The Balaban J connectivity index is 2.41. The van der Waals surface area contributed by atoms with Gasteiger partial charge in [0.15, 0.2) is 0 Å². The highest BCUT2D eigenvalue weighted by molar-refractivity contribution is 5.79. The first kappa shape index (κ1) is 17.8. The number of hydrogen-bond donors (Lipinski definition) is 1. The van der Waals surface area contributed by atoms with Crippen LogP contribution in [0.1, 0.15) is 34.6 Å². The Labute approximate surface area is 128 Å². The van der Waals surface area contributed by atoms with E-state index < -0.39 is 0 Å². The Morgan fingerprint density at radius 2 is 1.48 bits per heavy atom. The molecule has 122 valence electrons. The summed E-state index contributed by atoms with van der Waals surface area (Å²) in [5.41, 5.74) is -0.0593. The first-order valence-corrected chi connectivity index (χ1v) is 7.85. The van der Waals surface area contributed by atoms with Crippen molar-refractivity contribution in [3.63, 3.8) is 0 Å². The van der Waals surface area contributed by atoms with Gasteiger partial charge in [-0.05, 0) is 34.6 Å². The fourth-order valence-electron chi connectivity index (χ4n) is 2.29. The topological polar surface area (TPSA) is 55.9 Å². The second-order valence-electron chi connectivity index (χ2n) is 6.43. The quantitative estimate of drug-likeness (QED) is 0.842. The van der Waals surface area contributed by atoms with E-state index in [0.29, 0.717) is 32.7 Å². The molecule has 1 rings (SSSR count). The lowest BCUT2D eigenvalue weighted by Gasteiger charge is -2.37. The number of carbonyl (C=O) groups excluding carboxylic acids is 2. The molecule has 6 nitrogen and oxygen atoms in total. The molecule has 0 atom stereocenters. The molecule has 6 heteroatoms. The summed E-state index contributed by atoms with van der Waals surface area (Å²) in [6.45, 7) is 14.4. The van der Waals surface area contributed by atoms with Crippen LogP contribution in [0.4, 0.5) is 4.79 Å². The largest absolute Gasteiger partial charge is 0.338 e. The molecule has 3 amide bonds. The zero-order valence-corrected chi connectivity index (χ0v) is 14.1. The minimum absolute atomic E-state index is 0.0593. The fourth-order valence-corrected chi connectivity index (χ4v) is 2.29. The molecule has 0 aromatic heterocycles. The number of amides is 3. The lowest BCUT2D eigenvalue weighted by Crippen LogP contribution is -2.55. The first-order valence-electron chi connectivity index (χ1n) is 7.85. The number of nitrogens with zero attached hydrogens (tertiary/aromatic N) is 3. The zero-order valence-electron chi connectivity index (χ0n) is 14.1. The Morgan fingerprint density at radius 1 is 1.00 bits per heavy atom. The lowest BCUT2D eigenvalue weighted by atomic mass is 10.1. The van der Waals surface area contributed by atoms with E-state index in [9.17, 15) is 9.59 Å². The molecule has 0 spiro atoms.